The molecule has 1 amide bonds. The number of aryl methyl sites for hydroxylation is 3. The second-order valence-electron chi connectivity index (χ2n) is 9.26. The molecule has 0 saturated carbocycles. The Hall–Kier alpha value is -3.32. The van der Waals surface area contributed by atoms with Crippen molar-refractivity contribution in [2.24, 2.45) is 0 Å². The molecular weight excluding hydrogens is 472 g/mol. The van der Waals surface area contributed by atoms with Crippen molar-refractivity contribution in [3.05, 3.63) is 89.0 Å². The summed E-state index contributed by atoms with van der Waals surface area (Å²) in [5.41, 5.74) is 5.06. The molecule has 6 nitrogen and oxygen atoms in total. The van der Waals surface area contributed by atoms with E-state index in [4.69, 9.17) is 4.74 Å². The van der Waals surface area contributed by atoms with Gasteiger partial charge in [-0.25, -0.2) is 8.42 Å². The Morgan fingerprint density at radius 1 is 1.00 bits per heavy atom. The van der Waals surface area contributed by atoms with E-state index >= 15 is 0 Å². The molecule has 3 aromatic carbocycles. The molecule has 1 unspecified atom stereocenters. The molecule has 1 aliphatic rings. The standard InChI is InChI=1S/C29H34N2O4S/c1-4-26(24-16-15-22-9-5-6-10-23(22)19-24)30-29(32)20-31(27-11-7-8-12-28(27)35-3)36(33,34)25-17-13-21(2)14-18-25/h7-8,11-19,26H,4-6,9-10,20H2,1-3H3,(H,30,32). The maximum absolute atomic E-state index is 13.7. The van der Waals surface area contributed by atoms with Crippen LogP contribution in [-0.2, 0) is 27.7 Å². The summed E-state index contributed by atoms with van der Waals surface area (Å²) in [6.07, 6.45) is 5.26. The van der Waals surface area contributed by atoms with E-state index in [0.717, 1.165) is 28.3 Å². The molecular formula is C29H34N2O4S. The van der Waals surface area contributed by atoms with Crippen molar-refractivity contribution in [1.82, 2.24) is 5.32 Å². The fourth-order valence-corrected chi connectivity index (χ4v) is 6.17. The Morgan fingerprint density at radius 2 is 1.69 bits per heavy atom. The lowest BCUT2D eigenvalue weighted by Gasteiger charge is -2.27. The van der Waals surface area contributed by atoms with Crippen LogP contribution in [0.15, 0.2) is 71.6 Å². The van der Waals surface area contributed by atoms with Gasteiger partial charge in [-0.3, -0.25) is 9.10 Å². The molecule has 0 fully saturated rings. The molecule has 3 aromatic rings. The predicted molar refractivity (Wildman–Crippen MR) is 143 cm³/mol. The van der Waals surface area contributed by atoms with Crippen molar-refractivity contribution in [3.8, 4) is 5.75 Å². The number of fused-ring (bicyclic) bond motifs is 1. The van der Waals surface area contributed by atoms with E-state index in [-0.39, 0.29) is 23.4 Å². The van der Waals surface area contributed by atoms with Gasteiger partial charge in [-0.2, -0.15) is 0 Å². The van der Waals surface area contributed by atoms with Crippen molar-refractivity contribution in [1.29, 1.82) is 0 Å². The van der Waals surface area contributed by atoms with E-state index in [9.17, 15) is 13.2 Å². The average molecular weight is 507 g/mol. The Morgan fingerprint density at radius 3 is 2.39 bits per heavy atom. The summed E-state index contributed by atoms with van der Waals surface area (Å²) >= 11 is 0. The maximum atomic E-state index is 13.7. The van der Waals surface area contributed by atoms with Crippen LogP contribution in [0.5, 0.6) is 5.75 Å². The first-order chi connectivity index (χ1) is 17.3. The third-order valence-electron chi connectivity index (χ3n) is 6.77. The largest absolute Gasteiger partial charge is 0.495 e. The van der Waals surface area contributed by atoms with Gasteiger partial charge in [0.05, 0.1) is 23.7 Å². The Labute approximate surface area is 214 Å². The number of carbonyl (C=O) groups excluding carboxylic acids is 1. The second-order valence-corrected chi connectivity index (χ2v) is 11.1. The quantitative estimate of drug-likeness (QED) is 0.425. The van der Waals surface area contributed by atoms with Crippen LogP contribution in [-0.4, -0.2) is 28.0 Å². The van der Waals surface area contributed by atoms with Gasteiger partial charge < -0.3 is 10.1 Å². The second kappa shape index (κ2) is 11.2. The van der Waals surface area contributed by atoms with Gasteiger partial charge >= 0.3 is 0 Å². The van der Waals surface area contributed by atoms with Crippen LogP contribution in [0.4, 0.5) is 5.69 Å². The van der Waals surface area contributed by atoms with Gasteiger partial charge in [0.1, 0.15) is 12.3 Å². The van der Waals surface area contributed by atoms with Crippen molar-refractivity contribution in [2.45, 2.75) is 56.9 Å². The summed E-state index contributed by atoms with van der Waals surface area (Å²) in [6.45, 7) is 3.55. The fraction of sp³-hybridized carbons (Fsp3) is 0.345. The number of para-hydroxylation sites is 2. The number of methoxy groups -OCH3 is 1. The summed E-state index contributed by atoms with van der Waals surface area (Å²) in [7, 11) is -2.54. The van der Waals surface area contributed by atoms with Crippen LogP contribution < -0.4 is 14.4 Å². The van der Waals surface area contributed by atoms with E-state index in [2.05, 4.69) is 23.5 Å². The van der Waals surface area contributed by atoms with E-state index in [1.807, 2.05) is 13.8 Å². The van der Waals surface area contributed by atoms with E-state index in [1.165, 1.54) is 31.1 Å². The zero-order valence-electron chi connectivity index (χ0n) is 21.2. The minimum atomic E-state index is -4.03. The number of hydrogen-bond donors (Lipinski definition) is 1. The molecule has 36 heavy (non-hydrogen) atoms. The minimum absolute atomic E-state index is 0.119. The van der Waals surface area contributed by atoms with Crippen LogP contribution in [0.25, 0.3) is 0 Å². The number of ether oxygens (including phenoxy) is 1. The van der Waals surface area contributed by atoms with Crippen molar-refractivity contribution < 1.29 is 17.9 Å². The van der Waals surface area contributed by atoms with Crippen LogP contribution in [0.3, 0.4) is 0 Å². The summed E-state index contributed by atoms with van der Waals surface area (Å²) in [5.74, 6) is 0.00359. The monoisotopic (exact) mass is 506 g/mol. The first-order valence-corrected chi connectivity index (χ1v) is 13.9. The number of nitrogens with one attached hydrogen (secondary N) is 1. The van der Waals surface area contributed by atoms with Gasteiger partial charge in [0.2, 0.25) is 5.91 Å². The van der Waals surface area contributed by atoms with Gasteiger partial charge in [0, 0.05) is 0 Å². The average Bonchev–Trinajstić information content (AvgIpc) is 2.90. The van der Waals surface area contributed by atoms with Gasteiger partial charge in [-0.05, 0) is 80.0 Å². The van der Waals surface area contributed by atoms with Crippen molar-refractivity contribution >= 4 is 21.6 Å². The number of nitrogens with zero attached hydrogens (tertiary/aromatic N) is 1. The summed E-state index contributed by atoms with van der Waals surface area (Å²) in [6, 6.07) is 19.7. The van der Waals surface area contributed by atoms with E-state index < -0.39 is 10.0 Å². The number of benzene rings is 3. The van der Waals surface area contributed by atoms with Crippen LogP contribution in [0.1, 0.15) is 54.5 Å². The Balaban J connectivity index is 1.63. The molecule has 0 aromatic heterocycles. The number of carbonyl (C=O) groups is 1. The third kappa shape index (κ3) is 5.57. The highest BCUT2D eigenvalue weighted by atomic mass is 32.2. The summed E-state index contributed by atoms with van der Waals surface area (Å²) < 4.78 is 34.0. The number of hydrogen-bond acceptors (Lipinski definition) is 4. The Kier molecular flexibility index (Phi) is 7.99. The Bertz CT molecular complexity index is 1320. The van der Waals surface area contributed by atoms with Gasteiger partial charge in [0.15, 0.2) is 0 Å². The smallest absolute Gasteiger partial charge is 0.264 e. The normalized spacial score (nSPS) is 14.0. The molecule has 7 heteroatoms. The van der Waals surface area contributed by atoms with E-state index in [0.29, 0.717) is 17.9 Å². The zero-order chi connectivity index (χ0) is 25.7. The number of anilines is 1. The summed E-state index contributed by atoms with van der Waals surface area (Å²) in [5, 5.41) is 3.07. The molecule has 0 saturated heterocycles. The molecule has 4 rings (SSSR count). The number of amides is 1. The molecule has 0 aliphatic heterocycles. The molecule has 1 atom stereocenters. The third-order valence-corrected chi connectivity index (χ3v) is 8.54. The fourth-order valence-electron chi connectivity index (χ4n) is 4.73. The molecule has 0 radical (unpaired) electrons. The van der Waals surface area contributed by atoms with Gasteiger partial charge in [-0.1, -0.05) is 55.0 Å². The first kappa shape index (κ1) is 25.8. The lowest BCUT2D eigenvalue weighted by Crippen LogP contribution is -2.42. The highest BCUT2D eigenvalue weighted by Crippen LogP contribution is 2.32. The molecule has 0 bridgehead atoms. The molecule has 0 spiro atoms. The lowest BCUT2D eigenvalue weighted by molar-refractivity contribution is -0.120. The van der Waals surface area contributed by atoms with Gasteiger partial charge in [0.25, 0.3) is 10.0 Å². The number of sulfonamides is 1. The molecule has 1 aliphatic carbocycles. The van der Waals surface area contributed by atoms with Crippen LogP contribution in [0.2, 0.25) is 0 Å². The highest BCUT2D eigenvalue weighted by molar-refractivity contribution is 7.92. The van der Waals surface area contributed by atoms with Gasteiger partial charge in [-0.15, -0.1) is 0 Å². The van der Waals surface area contributed by atoms with Crippen molar-refractivity contribution in [2.75, 3.05) is 18.0 Å². The zero-order valence-corrected chi connectivity index (χ0v) is 22.0. The maximum Gasteiger partial charge on any atom is 0.264 e. The minimum Gasteiger partial charge on any atom is -0.495 e. The van der Waals surface area contributed by atoms with Crippen molar-refractivity contribution in [3.63, 3.8) is 0 Å². The molecule has 0 heterocycles. The van der Waals surface area contributed by atoms with Crippen LogP contribution >= 0.6 is 0 Å². The topological polar surface area (TPSA) is 75.7 Å². The SMILES string of the molecule is CCC(NC(=O)CN(c1ccccc1OC)S(=O)(=O)c1ccc(C)cc1)c1ccc2c(c1)CCCC2. The highest BCUT2D eigenvalue weighted by Gasteiger charge is 2.30. The summed E-state index contributed by atoms with van der Waals surface area (Å²) in [4.78, 5) is 13.5. The van der Waals surface area contributed by atoms with E-state index in [1.54, 1.807) is 48.5 Å². The number of rotatable bonds is 9. The molecule has 1 N–H and O–H groups in total. The lowest BCUT2D eigenvalue weighted by atomic mass is 9.89. The van der Waals surface area contributed by atoms with Crippen LogP contribution in [0, 0.1) is 6.92 Å². The molecule has 190 valence electrons. The first-order valence-electron chi connectivity index (χ1n) is 12.5. The predicted octanol–water partition coefficient (Wildman–Crippen LogP) is 5.35.